The maximum Gasteiger partial charge on any atom is 0.209 e. The van der Waals surface area contributed by atoms with Gasteiger partial charge in [0.05, 0.1) is 0 Å². The average molecular weight is 542 g/mol. The molecule has 0 aliphatic heterocycles. The van der Waals surface area contributed by atoms with Gasteiger partial charge in [-0.15, -0.1) is 24.8 Å². The third-order valence-corrected chi connectivity index (χ3v) is 6.12. The first-order valence-corrected chi connectivity index (χ1v) is 11.4. The van der Waals surface area contributed by atoms with Crippen LogP contribution in [0.1, 0.15) is 43.5 Å². The Labute approximate surface area is 225 Å². The molecular formula is C26H26Cl2FN7O. The van der Waals surface area contributed by atoms with E-state index in [4.69, 9.17) is 16.9 Å². The highest BCUT2D eigenvalue weighted by molar-refractivity contribution is 5.96. The highest BCUT2D eigenvalue weighted by Gasteiger charge is 2.27. The van der Waals surface area contributed by atoms with Crippen molar-refractivity contribution in [2.75, 3.05) is 5.73 Å². The minimum atomic E-state index is -1.06. The van der Waals surface area contributed by atoms with Crippen molar-refractivity contribution in [2.24, 2.45) is 5.73 Å². The van der Waals surface area contributed by atoms with Crippen molar-refractivity contribution in [3.63, 3.8) is 0 Å². The van der Waals surface area contributed by atoms with Crippen LogP contribution in [0.4, 0.5) is 10.2 Å². The number of fused-ring (bicyclic) bond motifs is 1. The predicted molar refractivity (Wildman–Crippen MR) is 147 cm³/mol. The van der Waals surface area contributed by atoms with Crippen LogP contribution in [0.5, 0.6) is 0 Å². The number of anilines is 1. The molecule has 0 saturated heterocycles. The van der Waals surface area contributed by atoms with E-state index < -0.39 is 11.4 Å². The molecule has 11 heteroatoms. The van der Waals surface area contributed by atoms with Gasteiger partial charge in [0, 0.05) is 16.8 Å². The van der Waals surface area contributed by atoms with E-state index in [1.54, 1.807) is 34.9 Å². The summed E-state index contributed by atoms with van der Waals surface area (Å²) in [5, 5.41) is 18.6. The van der Waals surface area contributed by atoms with E-state index >= 15 is 0 Å². The Morgan fingerprint density at radius 2 is 1.76 bits per heavy atom. The van der Waals surface area contributed by atoms with Gasteiger partial charge in [-0.2, -0.15) is 0 Å². The normalized spacial score (nSPS) is 14.1. The first-order chi connectivity index (χ1) is 16.8. The summed E-state index contributed by atoms with van der Waals surface area (Å²) in [6.07, 6.45) is 4.14. The molecule has 0 amide bonds. The number of nitrogen functional groups attached to an aromatic ring is 2. The molecule has 5 rings (SSSR count). The van der Waals surface area contributed by atoms with Gasteiger partial charge in [-0.05, 0) is 55.9 Å². The van der Waals surface area contributed by atoms with Gasteiger partial charge in [0.2, 0.25) is 5.82 Å². The molecule has 0 unspecified atom stereocenters. The molecule has 2 aromatic carbocycles. The Kier molecular flexibility index (Phi) is 8.39. The summed E-state index contributed by atoms with van der Waals surface area (Å²) in [5.41, 5.74) is 13.3. The molecule has 0 spiro atoms. The van der Waals surface area contributed by atoms with E-state index in [0.717, 1.165) is 19.3 Å². The fourth-order valence-electron chi connectivity index (χ4n) is 4.35. The summed E-state index contributed by atoms with van der Waals surface area (Å²) in [5.74, 6) is 6.00. The number of hydrogen-bond acceptors (Lipinski definition) is 6. The van der Waals surface area contributed by atoms with Crippen molar-refractivity contribution in [2.45, 2.75) is 37.7 Å². The Bertz CT molecular complexity index is 1520. The van der Waals surface area contributed by atoms with E-state index in [1.807, 2.05) is 6.07 Å². The van der Waals surface area contributed by atoms with Crippen molar-refractivity contribution < 1.29 is 9.50 Å². The summed E-state index contributed by atoms with van der Waals surface area (Å²) in [7, 11) is 0. The average Bonchev–Trinajstić information content (AvgIpc) is 3.24. The molecule has 37 heavy (non-hydrogen) atoms. The number of aliphatic hydroxyl groups is 1. The zero-order valence-corrected chi connectivity index (χ0v) is 21.4. The summed E-state index contributed by atoms with van der Waals surface area (Å²) in [6, 6.07) is 13.1. The van der Waals surface area contributed by atoms with Crippen LogP contribution in [0.15, 0.2) is 48.5 Å². The lowest BCUT2D eigenvalue weighted by Crippen LogP contribution is -2.29. The second-order valence-corrected chi connectivity index (χ2v) is 8.69. The second kappa shape index (κ2) is 11.1. The van der Waals surface area contributed by atoms with Crippen LogP contribution in [0.2, 0.25) is 0 Å². The molecule has 1 aliphatic rings. The molecule has 1 saturated carbocycles. The van der Waals surface area contributed by atoms with E-state index in [2.05, 4.69) is 26.8 Å². The molecule has 0 radical (unpaired) electrons. The zero-order chi connectivity index (χ0) is 24.6. The van der Waals surface area contributed by atoms with Crippen molar-refractivity contribution in [3.8, 4) is 28.9 Å². The van der Waals surface area contributed by atoms with E-state index in [1.165, 1.54) is 12.1 Å². The molecule has 0 bridgehead atoms. The Hall–Kier alpha value is -3.71. The smallest absolute Gasteiger partial charge is 0.209 e. The molecule has 192 valence electrons. The fourth-order valence-corrected chi connectivity index (χ4v) is 4.35. The van der Waals surface area contributed by atoms with Crippen molar-refractivity contribution in [1.29, 1.82) is 5.41 Å². The summed E-state index contributed by atoms with van der Waals surface area (Å²) >= 11 is 0. The van der Waals surface area contributed by atoms with Crippen LogP contribution >= 0.6 is 24.8 Å². The van der Waals surface area contributed by atoms with Crippen molar-refractivity contribution >= 4 is 47.6 Å². The monoisotopic (exact) mass is 541 g/mol. The number of nitrogens with one attached hydrogen (secondary N) is 1. The molecule has 1 fully saturated rings. The van der Waals surface area contributed by atoms with Gasteiger partial charge in [-0.1, -0.05) is 36.6 Å². The number of nitrogens with zero attached hydrogens (tertiary/aromatic N) is 4. The molecule has 2 heterocycles. The SMILES string of the molecule is Cl.Cl.N=C(N)c1cccc(-n2c(-c3cccc(F)c3)nc3c(N)nc(C#CC4(O)CCCCC4)nc32)c1. The van der Waals surface area contributed by atoms with E-state index in [0.29, 0.717) is 46.6 Å². The van der Waals surface area contributed by atoms with Crippen molar-refractivity contribution in [3.05, 3.63) is 65.7 Å². The molecule has 4 aromatic rings. The van der Waals surface area contributed by atoms with Gasteiger partial charge in [-0.25, -0.2) is 19.3 Å². The maximum atomic E-state index is 14.1. The summed E-state index contributed by atoms with van der Waals surface area (Å²) in [6.45, 7) is 0. The van der Waals surface area contributed by atoms with Crippen LogP contribution in [0.25, 0.3) is 28.2 Å². The fraction of sp³-hybridized carbons (Fsp3) is 0.231. The lowest BCUT2D eigenvalue weighted by molar-refractivity contribution is 0.0610. The molecular weight excluding hydrogens is 516 g/mol. The van der Waals surface area contributed by atoms with Crippen LogP contribution in [-0.2, 0) is 0 Å². The molecule has 6 N–H and O–H groups in total. The van der Waals surface area contributed by atoms with E-state index in [-0.39, 0.29) is 42.3 Å². The molecule has 1 aliphatic carbocycles. The van der Waals surface area contributed by atoms with E-state index in [9.17, 15) is 9.50 Å². The highest BCUT2D eigenvalue weighted by atomic mass is 35.5. The Balaban J connectivity index is 0.00000190. The first-order valence-electron chi connectivity index (χ1n) is 11.4. The van der Waals surface area contributed by atoms with Gasteiger partial charge in [0.25, 0.3) is 0 Å². The third kappa shape index (κ3) is 5.67. The first kappa shape index (κ1) is 27.9. The van der Waals surface area contributed by atoms with Crippen LogP contribution in [-0.4, -0.2) is 36.1 Å². The highest BCUT2D eigenvalue weighted by Crippen LogP contribution is 2.31. The number of rotatable bonds is 3. The van der Waals surface area contributed by atoms with Crippen LogP contribution in [0, 0.1) is 23.1 Å². The number of imidazole rings is 1. The number of hydrogen-bond donors (Lipinski definition) is 4. The largest absolute Gasteiger partial charge is 0.384 e. The standard InChI is InChI=1S/C26H24FN7O.2ClH/c27-18-8-4-7-17(14-18)24-33-21-23(30)31-20(10-13-26(35)11-2-1-3-12-26)32-25(21)34(24)19-9-5-6-16(15-19)22(28)29;;/h4-9,14-15,35H,1-3,11-12H2,(H3,28,29)(H2,30,31,32);2*1H. The second-order valence-electron chi connectivity index (χ2n) is 8.69. The summed E-state index contributed by atoms with van der Waals surface area (Å²) < 4.78 is 15.8. The van der Waals surface area contributed by atoms with Gasteiger partial charge < -0.3 is 16.6 Å². The van der Waals surface area contributed by atoms with Crippen LogP contribution < -0.4 is 11.5 Å². The molecule has 0 atom stereocenters. The lowest BCUT2D eigenvalue weighted by atomic mass is 9.85. The number of benzene rings is 2. The minimum absolute atomic E-state index is 0. The summed E-state index contributed by atoms with van der Waals surface area (Å²) in [4.78, 5) is 13.6. The zero-order valence-electron chi connectivity index (χ0n) is 19.7. The maximum absolute atomic E-state index is 14.1. The molecule has 8 nitrogen and oxygen atoms in total. The Morgan fingerprint density at radius 3 is 2.46 bits per heavy atom. The quantitative estimate of drug-likeness (QED) is 0.172. The Morgan fingerprint density at radius 1 is 1.03 bits per heavy atom. The van der Waals surface area contributed by atoms with Crippen molar-refractivity contribution in [1.82, 2.24) is 19.5 Å². The van der Waals surface area contributed by atoms with Gasteiger partial charge in [-0.3, -0.25) is 9.98 Å². The van der Waals surface area contributed by atoms with Crippen LogP contribution in [0.3, 0.4) is 0 Å². The third-order valence-electron chi connectivity index (χ3n) is 6.12. The number of aromatic nitrogens is 4. The van der Waals surface area contributed by atoms with Gasteiger partial charge in [0.1, 0.15) is 23.1 Å². The number of nitrogens with two attached hydrogens (primary N) is 2. The van der Waals surface area contributed by atoms with Gasteiger partial charge in [0.15, 0.2) is 17.0 Å². The predicted octanol–water partition coefficient (Wildman–Crippen LogP) is 4.38. The topological polar surface area (TPSA) is 140 Å². The lowest BCUT2D eigenvalue weighted by Gasteiger charge is -2.26. The van der Waals surface area contributed by atoms with Gasteiger partial charge >= 0.3 is 0 Å². The minimum Gasteiger partial charge on any atom is -0.384 e. The number of amidine groups is 1. The number of halogens is 3. The molecule has 2 aromatic heterocycles.